The second-order valence-corrected chi connectivity index (χ2v) is 5.64. The normalized spacial score (nSPS) is 14.8. The summed E-state index contributed by atoms with van der Waals surface area (Å²) in [5.41, 5.74) is -0.392. The summed E-state index contributed by atoms with van der Waals surface area (Å²) >= 11 is 0. The molecule has 142 valence electrons. The Kier molecular flexibility index (Phi) is 5.47. The zero-order valence-corrected chi connectivity index (χ0v) is 13.4. The number of carbonyl (C=O) groups excluding carboxylic acids is 1. The number of nitrogens with zero attached hydrogens (tertiary/aromatic N) is 2. The van der Waals surface area contributed by atoms with E-state index in [-0.39, 0.29) is 0 Å². The number of hydrogen-bond donors (Lipinski definition) is 3. The Morgan fingerprint density at radius 1 is 1.28 bits per heavy atom. The van der Waals surface area contributed by atoms with Gasteiger partial charge in [0, 0.05) is 14.1 Å². The van der Waals surface area contributed by atoms with Gasteiger partial charge in [-0.15, -0.1) is 0 Å². The lowest BCUT2D eigenvalue weighted by Crippen LogP contribution is -2.51. The maximum absolute atomic E-state index is 13.0. The quantitative estimate of drug-likeness (QED) is 0.699. The summed E-state index contributed by atoms with van der Waals surface area (Å²) in [6.45, 7) is -0.795. The summed E-state index contributed by atoms with van der Waals surface area (Å²) in [4.78, 5) is 16.4. The first-order valence-electron chi connectivity index (χ1n) is 6.70. The SMILES string of the molecule is CN(C)c1nc(C(=O)NCC(C)(O)C(F)(F)F)c(N)cc1C(F)(F)F. The molecule has 1 aromatic rings. The molecule has 6 nitrogen and oxygen atoms in total. The average Bonchev–Trinajstić information content (AvgIpc) is 2.42. The Morgan fingerprint density at radius 3 is 2.20 bits per heavy atom. The van der Waals surface area contributed by atoms with Crippen LogP contribution < -0.4 is 16.0 Å². The molecule has 0 saturated heterocycles. The van der Waals surface area contributed by atoms with Crippen LogP contribution in [0.3, 0.4) is 0 Å². The highest BCUT2D eigenvalue weighted by Gasteiger charge is 2.50. The van der Waals surface area contributed by atoms with Gasteiger partial charge in [-0.3, -0.25) is 4.79 Å². The van der Waals surface area contributed by atoms with E-state index >= 15 is 0 Å². The standard InChI is InChI=1S/C13H16F6N4O2/c1-11(25,13(17,18)19)5-21-10(24)8-7(20)4-6(12(14,15)16)9(22-8)23(2)3/h4,25H,5,20H2,1-3H3,(H,21,24). The summed E-state index contributed by atoms with van der Waals surface area (Å²) in [5, 5.41) is 11.0. The minimum absolute atomic E-state index is 0.433. The molecule has 1 rings (SSSR count). The summed E-state index contributed by atoms with van der Waals surface area (Å²) in [7, 11) is 2.48. The van der Waals surface area contributed by atoms with Gasteiger partial charge in [-0.05, 0) is 13.0 Å². The van der Waals surface area contributed by atoms with Gasteiger partial charge in [0.1, 0.15) is 11.4 Å². The van der Waals surface area contributed by atoms with Crippen LogP contribution in [0.25, 0.3) is 0 Å². The van der Waals surface area contributed by atoms with Crippen LogP contribution in [-0.2, 0) is 6.18 Å². The Morgan fingerprint density at radius 2 is 1.80 bits per heavy atom. The molecule has 1 heterocycles. The summed E-state index contributed by atoms with van der Waals surface area (Å²) in [6, 6.07) is 0.471. The van der Waals surface area contributed by atoms with E-state index in [1.807, 2.05) is 0 Å². The van der Waals surface area contributed by atoms with Gasteiger partial charge in [0.2, 0.25) is 0 Å². The Hall–Kier alpha value is -2.24. The number of nitrogens with two attached hydrogens (primary N) is 1. The van der Waals surface area contributed by atoms with Crippen LogP contribution in [0.4, 0.5) is 37.8 Å². The maximum Gasteiger partial charge on any atom is 0.420 e. The average molecular weight is 374 g/mol. The summed E-state index contributed by atoms with van der Waals surface area (Å²) in [5.74, 6) is -1.88. The molecule has 25 heavy (non-hydrogen) atoms. The molecule has 12 heteroatoms. The number of aliphatic hydroxyl groups is 1. The molecule has 0 fully saturated rings. The third-order valence-corrected chi connectivity index (χ3v) is 3.18. The largest absolute Gasteiger partial charge is 0.420 e. The Bertz CT molecular complexity index is 655. The van der Waals surface area contributed by atoms with E-state index in [1.54, 1.807) is 5.32 Å². The van der Waals surface area contributed by atoms with Crippen molar-refractivity contribution < 1.29 is 36.2 Å². The van der Waals surface area contributed by atoms with Gasteiger partial charge in [0.05, 0.1) is 12.2 Å². The number of hydrogen-bond acceptors (Lipinski definition) is 5. The van der Waals surface area contributed by atoms with Crippen molar-refractivity contribution in [3.05, 3.63) is 17.3 Å². The molecule has 0 bridgehead atoms. The third-order valence-electron chi connectivity index (χ3n) is 3.18. The first-order valence-corrected chi connectivity index (χ1v) is 6.70. The molecule has 0 spiro atoms. The second kappa shape index (κ2) is 6.58. The molecule has 0 aromatic carbocycles. The lowest BCUT2D eigenvalue weighted by Gasteiger charge is -2.26. The van der Waals surface area contributed by atoms with Gasteiger partial charge in [-0.2, -0.15) is 26.3 Å². The van der Waals surface area contributed by atoms with Crippen molar-refractivity contribution in [3.8, 4) is 0 Å². The number of halogens is 6. The number of pyridine rings is 1. The van der Waals surface area contributed by atoms with Crippen molar-refractivity contribution in [3.63, 3.8) is 0 Å². The number of aromatic nitrogens is 1. The number of nitrogens with one attached hydrogen (secondary N) is 1. The second-order valence-electron chi connectivity index (χ2n) is 5.64. The van der Waals surface area contributed by atoms with Crippen molar-refractivity contribution in [2.24, 2.45) is 0 Å². The van der Waals surface area contributed by atoms with E-state index in [1.165, 1.54) is 14.1 Å². The highest BCUT2D eigenvalue weighted by atomic mass is 19.4. The molecule has 1 aromatic heterocycles. The van der Waals surface area contributed by atoms with Gasteiger partial charge in [-0.25, -0.2) is 4.98 Å². The van der Waals surface area contributed by atoms with Gasteiger partial charge in [0.15, 0.2) is 11.3 Å². The fraction of sp³-hybridized carbons (Fsp3) is 0.538. The molecule has 1 unspecified atom stereocenters. The van der Waals surface area contributed by atoms with E-state index in [4.69, 9.17) is 5.73 Å². The van der Waals surface area contributed by atoms with Gasteiger partial charge >= 0.3 is 12.4 Å². The van der Waals surface area contributed by atoms with Crippen LogP contribution >= 0.6 is 0 Å². The number of rotatable bonds is 4. The first-order chi connectivity index (χ1) is 11.1. The summed E-state index contributed by atoms with van der Waals surface area (Å²) < 4.78 is 76.6. The van der Waals surface area contributed by atoms with E-state index in [0.29, 0.717) is 13.0 Å². The molecule has 1 atom stereocenters. The Labute approximate surface area is 138 Å². The van der Waals surface area contributed by atoms with Crippen LogP contribution in [0.2, 0.25) is 0 Å². The molecular weight excluding hydrogens is 358 g/mol. The molecular formula is C13H16F6N4O2. The fourth-order valence-electron chi connectivity index (χ4n) is 1.69. The minimum atomic E-state index is -5.02. The molecule has 0 radical (unpaired) electrons. The van der Waals surface area contributed by atoms with Crippen molar-refractivity contribution in [2.75, 3.05) is 31.3 Å². The van der Waals surface area contributed by atoms with Crippen LogP contribution in [0.1, 0.15) is 23.0 Å². The zero-order chi connectivity index (χ0) is 19.8. The van der Waals surface area contributed by atoms with E-state index in [0.717, 1.165) is 4.90 Å². The van der Waals surface area contributed by atoms with E-state index in [9.17, 15) is 36.2 Å². The number of carbonyl (C=O) groups is 1. The lowest BCUT2D eigenvalue weighted by atomic mass is 10.1. The van der Waals surface area contributed by atoms with Crippen molar-refractivity contribution >= 4 is 17.4 Å². The predicted molar refractivity (Wildman–Crippen MR) is 77.0 cm³/mol. The smallest absolute Gasteiger partial charge is 0.397 e. The molecule has 4 N–H and O–H groups in total. The predicted octanol–water partition coefficient (Wildman–Crippen LogP) is 1.79. The van der Waals surface area contributed by atoms with Crippen LogP contribution in [-0.4, -0.2) is 48.4 Å². The van der Waals surface area contributed by atoms with Crippen LogP contribution in [0.5, 0.6) is 0 Å². The Balaban J connectivity index is 3.18. The molecule has 0 aliphatic heterocycles. The number of nitrogen functional groups attached to an aromatic ring is 1. The van der Waals surface area contributed by atoms with E-state index < -0.39 is 53.2 Å². The minimum Gasteiger partial charge on any atom is -0.397 e. The highest BCUT2D eigenvalue weighted by Crippen LogP contribution is 2.37. The molecule has 0 aliphatic rings. The summed E-state index contributed by atoms with van der Waals surface area (Å²) in [6.07, 6.45) is -9.82. The van der Waals surface area contributed by atoms with Crippen molar-refractivity contribution in [1.29, 1.82) is 0 Å². The van der Waals surface area contributed by atoms with Gasteiger partial charge < -0.3 is 21.1 Å². The van der Waals surface area contributed by atoms with E-state index in [2.05, 4.69) is 4.98 Å². The van der Waals surface area contributed by atoms with Gasteiger partial charge in [-0.1, -0.05) is 0 Å². The zero-order valence-electron chi connectivity index (χ0n) is 13.4. The van der Waals surface area contributed by atoms with Gasteiger partial charge in [0.25, 0.3) is 5.91 Å². The first kappa shape index (κ1) is 20.8. The van der Waals surface area contributed by atoms with Crippen molar-refractivity contribution in [1.82, 2.24) is 10.3 Å². The lowest BCUT2D eigenvalue weighted by molar-refractivity contribution is -0.249. The van der Waals surface area contributed by atoms with Crippen molar-refractivity contribution in [2.45, 2.75) is 24.9 Å². The third kappa shape index (κ3) is 4.65. The number of anilines is 2. The molecule has 0 aliphatic carbocycles. The van der Waals surface area contributed by atoms with Crippen LogP contribution in [0.15, 0.2) is 6.07 Å². The fourth-order valence-corrected chi connectivity index (χ4v) is 1.69. The highest BCUT2D eigenvalue weighted by molar-refractivity contribution is 5.97. The molecule has 1 amide bonds. The maximum atomic E-state index is 13.0. The molecule has 0 saturated carbocycles. The number of amides is 1. The topological polar surface area (TPSA) is 91.5 Å². The monoisotopic (exact) mass is 374 g/mol. The number of alkyl halides is 6. The van der Waals surface area contributed by atoms with Crippen LogP contribution in [0, 0.1) is 0 Å².